The molecule has 1 aromatic rings. The largest absolute Gasteiger partial charge is 0.471 e. The summed E-state index contributed by atoms with van der Waals surface area (Å²) in [5.41, 5.74) is 0.534. The van der Waals surface area contributed by atoms with Crippen molar-refractivity contribution in [3.05, 3.63) is 48.6 Å². The lowest BCUT2D eigenvalue weighted by Crippen LogP contribution is -2.56. The predicted molar refractivity (Wildman–Crippen MR) is 91.4 cm³/mol. The summed E-state index contributed by atoms with van der Waals surface area (Å²) in [6.07, 6.45) is -3.95. The number of halogens is 3. The molecule has 2 amide bonds. The molecule has 27 heavy (non-hydrogen) atoms. The first kappa shape index (κ1) is 22.2. The molecule has 0 aliphatic rings. The van der Waals surface area contributed by atoms with Crippen LogP contribution in [0.4, 0.5) is 13.2 Å². The van der Waals surface area contributed by atoms with Gasteiger partial charge in [0.05, 0.1) is 7.11 Å². The molecule has 0 heterocycles. The number of hydrogen-bond acceptors (Lipinski definition) is 4. The van der Waals surface area contributed by atoms with Gasteiger partial charge in [-0.2, -0.15) is 13.2 Å². The Balaban J connectivity index is 3.04. The lowest BCUT2D eigenvalue weighted by atomic mass is 10.0. The lowest BCUT2D eigenvalue weighted by Gasteiger charge is -2.25. The van der Waals surface area contributed by atoms with Crippen molar-refractivity contribution in [2.24, 2.45) is 5.92 Å². The number of amides is 2. The average molecular weight is 386 g/mol. The topological polar surface area (TPSA) is 84.5 Å². The fraction of sp³-hybridized carbons (Fsp3) is 0.389. The Morgan fingerprint density at radius 1 is 1.19 bits per heavy atom. The maximum absolute atomic E-state index is 12.6. The van der Waals surface area contributed by atoms with E-state index in [0.29, 0.717) is 5.56 Å². The van der Waals surface area contributed by atoms with Gasteiger partial charge in [0.15, 0.2) is 0 Å². The minimum atomic E-state index is -5.15. The van der Waals surface area contributed by atoms with E-state index < -0.39 is 42.0 Å². The average Bonchev–Trinajstić information content (AvgIpc) is 2.64. The Hall–Kier alpha value is -2.84. The van der Waals surface area contributed by atoms with E-state index in [1.54, 1.807) is 42.6 Å². The zero-order chi connectivity index (χ0) is 20.6. The molecule has 2 N–H and O–H groups in total. The smallest absolute Gasteiger partial charge is 0.467 e. The first-order valence-electron chi connectivity index (χ1n) is 8.02. The third-order valence-corrected chi connectivity index (χ3v) is 3.81. The van der Waals surface area contributed by atoms with E-state index in [4.69, 9.17) is 0 Å². The van der Waals surface area contributed by atoms with Crippen LogP contribution in [0.25, 0.3) is 0 Å². The van der Waals surface area contributed by atoms with Gasteiger partial charge in [0.2, 0.25) is 5.91 Å². The Morgan fingerprint density at radius 2 is 1.78 bits per heavy atom. The number of ether oxygens (including phenoxy) is 1. The molecule has 9 heteroatoms. The standard InChI is InChI=1S/C18H21F3N2O4/c1-4-11(2)14(16(25)27-3)23-15(24)13(22-17(26)18(19,20)21)10-12-8-6-5-7-9-12/h4-9,11,13-14H,1,10H2,2-3H3,(H,22,26)(H,23,24)/t11-,13-,14-/m0/s1. The molecule has 0 unspecified atom stereocenters. The van der Waals surface area contributed by atoms with Gasteiger partial charge in [-0.05, 0) is 5.56 Å². The quantitative estimate of drug-likeness (QED) is 0.527. The molecule has 0 bridgehead atoms. The molecule has 0 aliphatic heterocycles. The van der Waals surface area contributed by atoms with E-state index >= 15 is 0 Å². The van der Waals surface area contributed by atoms with Crippen molar-refractivity contribution in [3.8, 4) is 0 Å². The van der Waals surface area contributed by atoms with Gasteiger partial charge >= 0.3 is 18.1 Å². The molecule has 6 nitrogen and oxygen atoms in total. The second-order valence-electron chi connectivity index (χ2n) is 5.82. The monoisotopic (exact) mass is 386 g/mol. The number of benzene rings is 1. The number of carbonyl (C=O) groups is 3. The van der Waals surface area contributed by atoms with Crippen LogP contribution in [0.2, 0.25) is 0 Å². The van der Waals surface area contributed by atoms with E-state index in [2.05, 4.69) is 16.6 Å². The molecule has 0 saturated carbocycles. The summed E-state index contributed by atoms with van der Waals surface area (Å²) in [5, 5.41) is 4.00. The summed E-state index contributed by atoms with van der Waals surface area (Å²) in [5.74, 6) is -4.51. The van der Waals surface area contributed by atoms with Crippen molar-refractivity contribution >= 4 is 17.8 Å². The zero-order valence-electron chi connectivity index (χ0n) is 14.9. The zero-order valence-corrected chi connectivity index (χ0v) is 14.9. The SMILES string of the molecule is C=C[C@H](C)[C@H](NC(=O)[C@H](Cc1ccccc1)NC(=O)C(F)(F)F)C(=O)OC. The number of alkyl halides is 3. The summed E-state index contributed by atoms with van der Waals surface area (Å²) in [6.45, 7) is 5.10. The van der Waals surface area contributed by atoms with Crippen LogP contribution >= 0.6 is 0 Å². The molecule has 0 aliphatic carbocycles. The number of esters is 1. The normalized spacial score (nSPS) is 14.4. The Labute approximate surface area is 154 Å². The van der Waals surface area contributed by atoms with Gasteiger partial charge < -0.3 is 15.4 Å². The van der Waals surface area contributed by atoms with Gasteiger partial charge in [0.25, 0.3) is 0 Å². The van der Waals surface area contributed by atoms with Crippen molar-refractivity contribution in [3.63, 3.8) is 0 Å². The van der Waals surface area contributed by atoms with E-state index in [1.165, 1.54) is 6.08 Å². The van der Waals surface area contributed by atoms with Crippen LogP contribution < -0.4 is 10.6 Å². The van der Waals surface area contributed by atoms with E-state index in [-0.39, 0.29) is 6.42 Å². The fourth-order valence-corrected chi connectivity index (χ4v) is 2.22. The van der Waals surface area contributed by atoms with Gasteiger partial charge in [-0.3, -0.25) is 9.59 Å². The number of methoxy groups -OCH3 is 1. The summed E-state index contributed by atoms with van der Waals surface area (Å²) >= 11 is 0. The van der Waals surface area contributed by atoms with Crippen molar-refractivity contribution in [1.82, 2.24) is 10.6 Å². The summed E-state index contributed by atoms with van der Waals surface area (Å²) in [7, 11) is 1.12. The highest BCUT2D eigenvalue weighted by Gasteiger charge is 2.41. The molecule has 0 radical (unpaired) electrons. The fourth-order valence-electron chi connectivity index (χ4n) is 2.22. The predicted octanol–water partition coefficient (Wildman–Crippen LogP) is 1.76. The van der Waals surface area contributed by atoms with Crippen molar-refractivity contribution < 1.29 is 32.3 Å². The first-order chi connectivity index (χ1) is 12.6. The van der Waals surface area contributed by atoms with Crippen LogP contribution in [0.5, 0.6) is 0 Å². The van der Waals surface area contributed by atoms with E-state index in [1.807, 2.05) is 0 Å². The molecule has 0 aromatic heterocycles. The van der Waals surface area contributed by atoms with Crippen molar-refractivity contribution in [1.29, 1.82) is 0 Å². The lowest BCUT2D eigenvalue weighted by molar-refractivity contribution is -0.174. The van der Waals surface area contributed by atoms with Gasteiger partial charge in [-0.15, -0.1) is 6.58 Å². The first-order valence-corrected chi connectivity index (χ1v) is 8.02. The number of nitrogens with one attached hydrogen (secondary N) is 2. The molecular formula is C18H21F3N2O4. The molecular weight excluding hydrogens is 365 g/mol. The van der Waals surface area contributed by atoms with Crippen LogP contribution in [-0.2, 0) is 25.5 Å². The van der Waals surface area contributed by atoms with Crippen LogP contribution in [0.1, 0.15) is 12.5 Å². The molecule has 1 rings (SSSR count). The van der Waals surface area contributed by atoms with Crippen LogP contribution in [-0.4, -0.2) is 43.2 Å². The van der Waals surface area contributed by atoms with Crippen molar-refractivity contribution in [2.45, 2.75) is 31.6 Å². The Bertz CT molecular complexity index is 677. The van der Waals surface area contributed by atoms with Gasteiger partial charge in [0.1, 0.15) is 12.1 Å². The van der Waals surface area contributed by atoms with E-state index in [0.717, 1.165) is 7.11 Å². The number of rotatable bonds is 8. The minimum absolute atomic E-state index is 0.190. The minimum Gasteiger partial charge on any atom is -0.467 e. The highest BCUT2D eigenvalue weighted by Crippen LogP contribution is 2.16. The van der Waals surface area contributed by atoms with Gasteiger partial charge in [0, 0.05) is 12.3 Å². The van der Waals surface area contributed by atoms with Crippen LogP contribution in [0, 0.1) is 5.92 Å². The molecule has 0 spiro atoms. The second-order valence-corrected chi connectivity index (χ2v) is 5.82. The van der Waals surface area contributed by atoms with Crippen LogP contribution in [0.15, 0.2) is 43.0 Å². The highest BCUT2D eigenvalue weighted by atomic mass is 19.4. The molecule has 1 aromatic carbocycles. The van der Waals surface area contributed by atoms with E-state index in [9.17, 15) is 27.6 Å². The van der Waals surface area contributed by atoms with Gasteiger partial charge in [-0.1, -0.05) is 43.3 Å². The van der Waals surface area contributed by atoms with Crippen molar-refractivity contribution in [2.75, 3.05) is 7.11 Å². The second kappa shape index (κ2) is 9.75. The van der Waals surface area contributed by atoms with Gasteiger partial charge in [-0.25, -0.2) is 4.79 Å². The molecule has 0 fully saturated rings. The maximum atomic E-state index is 12.6. The summed E-state index contributed by atoms with van der Waals surface area (Å²) < 4.78 is 42.4. The third-order valence-electron chi connectivity index (χ3n) is 3.81. The molecule has 3 atom stereocenters. The third kappa shape index (κ3) is 6.76. The summed E-state index contributed by atoms with van der Waals surface area (Å²) in [6, 6.07) is 5.51. The maximum Gasteiger partial charge on any atom is 0.471 e. The number of carbonyl (C=O) groups excluding carboxylic acids is 3. The summed E-state index contributed by atoms with van der Waals surface area (Å²) in [4.78, 5) is 35.7. The highest BCUT2D eigenvalue weighted by molar-refractivity contribution is 5.92. The Kier molecular flexibility index (Phi) is 8.01. The molecule has 0 saturated heterocycles. The molecule has 148 valence electrons. The Morgan fingerprint density at radius 3 is 2.26 bits per heavy atom. The number of hydrogen-bond donors (Lipinski definition) is 2. The van der Waals surface area contributed by atoms with Crippen LogP contribution in [0.3, 0.4) is 0 Å².